The van der Waals surface area contributed by atoms with Gasteiger partial charge in [0, 0.05) is 18.4 Å². The van der Waals surface area contributed by atoms with Crippen LogP contribution in [0.5, 0.6) is 0 Å². The molecule has 20 heavy (non-hydrogen) atoms. The van der Waals surface area contributed by atoms with Gasteiger partial charge < -0.3 is 10.2 Å². The van der Waals surface area contributed by atoms with Gasteiger partial charge in [0.05, 0.1) is 0 Å². The summed E-state index contributed by atoms with van der Waals surface area (Å²) in [6.07, 6.45) is 6.85. The summed E-state index contributed by atoms with van der Waals surface area (Å²) in [7, 11) is 2.14. The minimum absolute atomic E-state index is 0.164. The van der Waals surface area contributed by atoms with Crippen LogP contribution in [0.3, 0.4) is 0 Å². The molecule has 1 aliphatic carbocycles. The van der Waals surface area contributed by atoms with Crippen molar-refractivity contribution in [2.75, 3.05) is 20.1 Å². The Morgan fingerprint density at radius 2 is 1.85 bits per heavy atom. The van der Waals surface area contributed by atoms with Crippen molar-refractivity contribution in [3.63, 3.8) is 0 Å². The van der Waals surface area contributed by atoms with Gasteiger partial charge >= 0.3 is 0 Å². The number of carbonyl (C=O) groups is 2. The van der Waals surface area contributed by atoms with Crippen LogP contribution in [0.25, 0.3) is 0 Å². The van der Waals surface area contributed by atoms with E-state index in [-0.39, 0.29) is 23.7 Å². The first-order chi connectivity index (χ1) is 9.54. The third-order valence-electron chi connectivity index (χ3n) is 4.93. The van der Waals surface area contributed by atoms with Crippen molar-refractivity contribution in [1.29, 1.82) is 0 Å². The molecule has 0 aromatic rings. The summed E-state index contributed by atoms with van der Waals surface area (Å²) in [5.74, 6) is 1.17. The van der Waals surface area contributed by atoms with Crippen LogP contribution in [0.4, 0.5) is 0 Å². The van der Waals surface area contributed by atoms with Crippen LogP contribution < -0.4 is 5.32 Å². The first-order valence-electron chi connectivity index (χ1n) is 8.03. The summed E-state index contributed by atoms with van der Waals surface area (Å²) in [4.78, 5) is 25.9. The van der Waals surface area contributed by atoms with Crippen LogP contribution in [-0.2, 0) is 9.59 Å². The molecule has 0 aromatic heterocycles. The summed E-state index contributed by atoms with van der Waals surface area (Å²) in [6.45, 7) is 3.88. The molecule has 2 atom stereocenters. The average molecular weight is 280 g/mol. The number of rotatable bonds is 4. The molecule has 1 amide bonds. The molecule has 2 fully saturated rings. The maximum Gasteiger partial charge on any atom is 0.220 e. The third-order valence-corrected chi connectivity index (χ3v) is 4.93. The predicted octanol–water partition coefficient (Wildman–Crippen LogP) is 1.98. The van der Waals surface area contributed by atoms with Crippen LogP contribution >= 0.6 is 0 Å². The zero-order chi connectivity index (χ0) is 14.5. The Balaban J connectivity index is 1.72. The molecule has 4 nitrogen and oxygen atoms in total. The van der Waals surface area contributed by atoms with E-state index in [4.69, 9.17) is 0 Å². The molecular formula is C16H28N2O2. The average Bonchev–Trinajstić information content (AvgIpc) is 2.41. The van der Waals surface area contributed by atoms with E-state index in [9.17, 15) is 9.59 Å². The van der Waals surface area contributed by atoms with Gasteiger partial charge in [-0.2, -0.15) is 0 Å². The van der Waals surface area contributed by atoms with Crippen LogP contribution in [0, 0.1) is 11.8 Å². The quantitative estimate of drug-likeness (QED) is 0.856. The standard InChI is InChI=1S/C16H28N2O2/c1-12(19)14-4-3-5-15(11-14)17-16(20)10-13-6-8-18(2)9-7-13/h13-15H,3-11H2,1-2H3,(H,17,20). The number of nitrogens with zero attached hydrogens (tertiary/aromatic N) is 1. The minimum Gasteiger partial charge on any atom is -0.353 e. The van der Waals surface area contributed by atoms with Gasteiger partial charge in [0.25, 0.3) is 0 Å². The van der Waals surface area contributed by atoms with Crippen LogP contribution in [0.15, 0.2) is 0 Å². The first-order valence-corrected chi connectivity index (χ1v) is 8.03. The van der Waals surface area contributed by atoms with E-state index in [1.54, 1.807) is 6.92 Å². The molecule has 0 radical (unpaired) electrons. The van der Waals surface area contributed by atoms with E-state index in [2.05, 4.69) is 17.3 Å². The normalized spacial score (nSPS) is 29.1. The highest BCUT2D eigenvalue weighted by atomic mass is 16.1. The topological polar surface area (TPSA) is 49.4 Å². The fraction of sp³-hybridized carbons (Fsp3) is 0.875. The molecule has 2 aliphatic rings. The summed E-state index contributed by atoms with van der Waals surface area (Å²) >= 11 is 0. The lowest BCUT2D eigenvalue weighted by Crippen LogP contribution is -2.41. The Labute approximate surface area is 122 Å². The molecule has 2 unspecified atom stereocenters. The molecule has 1 saturated heterocycles. The second kappa shape index (κ2) is 7.21. The highest BCUT2D eigenvalue weighted by molar-refractivity contribution is 5.79. The van der Waals surface area contributed by atoms with Crippen molar-refractivity contribution in [3.8, 4) is 0 Å². The Bertz CT molecular complexity index is 348. The summed E-state index contributed by atoms with van der Waals surface area (Å²) in [5, 5.41) is 3.16. The van der Waals surface area contributed by atoms with Crippen molar-refractivity contribution in [2.45, 2.75) is 57.9 Å². The summed E-state index contributed by atoms with van der Waals surface area (Å²) in [5.41, 5.74) is 0. The third kappa shape index (κ3) is 4.58. The van der Waals surface area contributed by atoms with E-state index < -0.39 is 0 Å². The lowest BCUT2D eigenvalue weighted by atomic mass is 9.83. The van der Waals surface area contributed by atoms with E-state index in [1.807, 2.05) is 0 Å². The molecule has 1 N–H and O–H groups in total. The highest BCUT2D eigenvalue weighted by Crippen LogP contribution is 2.25. The Hall–Kier alpha value is -0.900. The fourth-order valence-electron chi connectivity index (χ4n) is 3.51. The largest absolute Gasteiger partial charge is 0.353 e. The number of Topliss-reactive ketones (excluding diaryl/α,β-unsaturated/α-hetero) is 1. The Kier molecular flexibility index (Phi) is 5.58. The maximum absolute atomic E-state index is 12.1. The van der Waals surface area contributed by atoms with Crippen molar-refractivity contribution in [2.24, 2.45) is 11.8 Å². The lowest BCUT2D eigenvalue weighted by molar-refractivity contribution is -0.125. The summed E-state index contributed by atoms with van der Waals surface area (Å²) < 4.78 is 0. The SMILES string of the molecule is CC(=O)C1CCCC(NC(=O)CC2CCN(C)CC2)C1. The zero-order valence-corrected chi connectivity index (χ0v) is 12.9. The van der Waals surface area contributed by atoms with Gasteiger partial charge in [-0.05, 0) is 65.1 Å². The number of ketones is 1. The maximum atomic E-state index is 12.1. The monoisotopic (exact) mass is 280 g/mol. The van der Waals surface area contributed by atoms with Gasteiger partial charge in [0.15, 0.2) is 0 Å². The van der Waals surface area contributed by atoms with Crippen LogP contribution in [-0.4, -0.2) is 42.8 Å². The Morgan fingerprint density at radius 3 is 2.50 bits per heavy atom. The second-order valence-corrected chi connectivity index (χ2v) is 6.69. The minimum atomic E-state index is 0.164. The van der Waals surface area contributed by atoms with Gasteiger partial charge in [0.1, 0.15) is 5.78 Å². The molecule has 2 rings (SSSR count). The number of hydrogen-bond acceptors (Lipinski definition) is 3. The molecule has 0 aromatic carbocycles. The number of amides is 1. The molecule has 4 heteroatoms. The van der Waals surface area contributed by atoms with Gasteiger partial charge in [-0.15, -0.1) is 0 Å². The molecule has 0 bridgehead atoms. The molecular weight excluding hydrogens is 252 g/mol. The van der Waals surface area contributed by atoms with Gasteiger partial charge in [0.2, 0.25) is 5.91 Å². The van der Waals surface area contributed by atoms with Crippen molar-refractivity contribution < 1.29 is 9.59 Å². The molecule has 114 valence electrons. The van der Waals surface area contributed by atoms with E-state index in [0.717, 1.165) is 51.6 Å². The Morgan fingerprint density at radius 1 is 1.15 bits per heavy atom. The smallest absolute Gasteiger partial charge is 0.220 e. The lowest BCUT2D eigenvalue weighted by Gasteiger charge is -2.31. The van der Waals surface area contributed by atoms with E-state index >= 15 is 0 Å². The molecule has 0 spiro atoms. The number of piperidine rings is 1. The van der Waals surface area contributed by atoms with Crippen LogP contribution in [0.1, 0.15) is 51.9 Å². The second-order valence-electron chi connectivity index (χ2n) is 6.69. The molecule has 1 heterocycles. The number of hydrogen-bond donors (Lipinski definition) is 1. The molecule has 1 aliphatic heterocycles. The van der Waals surface area contributed by atoms with Crippen molar-refractivity contribution >= 4 is 11.7 Å². The van der Waals surface area contributed by atoms with Gasteiger partial charge in [-0.3, -0.25) is 9.59 Å². The van der Waals surface area contributed by atoms with Crippen molar-refractivity contribution in [1.82, 2.24) is 10.2 Å². The van der Waals surface area contributed by atoms with Crippen LogP contribution in [0.2, 0.25) is 0 Å². The number of likely N-dealkylation sites (tertiary alicyclic amines) is 1. The summed E-state index contributed by atoms with van der Waals surface area (Å²) in [6, 6.07) is 0.219. The van der Waals surface area contributed by atoms with Gasteiger partial charge in [-0.25, -0.2) is 0 Å². The zero-order valence-electron chi connectivity index (χ0n) is 12.9. The first kappa shape index (κ1) is 15.5. The molecule has 1 saturated carbocycles. The number of nitrogens with one attached hydrogen (secondary N) is 1. The van der Waals surface area contributed by atoms with E-state index in [0.29, 0.717) is 12.3 Å². The highest BCUT2D eigenvalue weighted by Gasteiger charge is 2.27. The van der Waals surface area contributed by atoms with Crippen molar-refractivity contribution in [3.05, 3.63) is 0 Å². The van der Waals surface area contributed by atoms with Gasteiger partial charge in [-0.1, -0.05) is 6.42 Å². The fourth-order valence-corrected chi connectivity index (χ4v) is 3.51. The number of carbonyl (C=O) groups excluding carboxylic acids is 2. The predicted molar refractivity (Wildman–Crippen MR) is 79.4 cm³/mol. The van der Waals surface area contributed by atoms with E-state index in [1.165, 1.54) is 0 Å².